The third-order valence-electron chi connectivity index (χ3n) is 0. The van der Waals surface area contributed by atoms with Crippen LogP contribution in [0.25, 0.3) is 0 Å². The molecule has 0 aromatic carbocycles. The van der Waals surface area contributed by atoms with Crippen LogP contribution in [0.5, 0.6) is 0 Å². The molecule has 0 atom stereocenters. The summed E-state index contributed by atoms with van der Waals surface area (Å²) in [6.07, 6.45) is 0. The van der Waals surface area contributed by atoms with Gasteiger partial charge < -0.3 is 17.0 Å². The summed E-state index contributed by atoms with van der Waals surface area (Å²) in [5.74, 6) is 0. The molecule has 0 aliphatic carbocycles. The summed E-state index contributed by atoms with van der Waals surface area (Å²) in [6, 6.07) is 0. The Balaban J connectivity index is -0.0000000800. The third kappa shape index (κ3) is 337. The van der Waals surface area contributed by atoms with E-state index >= 15 is 0 Å². The molecule has 0 spiro atoms. The zero-order valence-electron chi connectivity index (χ0n) is 2.90. The van der Waals surface area contributed by atoms with E-state index in [0.29, 0.717) is 0 Å². The zero-order valence-corrected chi connectivity index (χ0v) is 5.46. The summed E-state index contributed by atoms with van der Waals surface area (Å²) < 4.78 is 26.6. The molecule has 0 saturated heterocycles. The second kappa shape index (κ2) is 4.80. The van der Waals surface area contributed by atoms with Crippen molar-refractivity contribution in [3.05, 3.63) is 0 Å². The average molecular weight is 190 g/mol. The molecule has 0 fully saturated rings. The Bertz CT molecular complexity index is 98.1. The van der Waals surface area contributed by atoms with E-state index < -0.39 is 10.3 Å². The third-order valence-corrected chi connectivity index (χ3v) is 0. The van der Waals surface area contributed by atoms with Crippen molar-refractivity contribution in [2.75, 3.05) is 0 Å². The fourth-order valence-electron chi connectivity index (χ4n) is 0. The van der Waals surface area contributed by atoms with Gasteiger partial charge in [-0.05, 0) is 0 Å². The van der Waals surface area contributed by atoms with E-state index in [1.54, 1.807) is 0 Å². The summed E-state index contributed by atoms with van der Waals surface area (Å²) >= 11 is 0. The minimum Gasteiger partial charge on any atom is -1.00 e. The van der Waals surface area contributed by atoms with Crippen molar-refractivity contribution in [1.29, 1.82) is 0 Å². The fraction of sp³-hybridized carbons (Fsp3) is 0. The van der Waals surface area contributed by atoms with Crippen molar-refractivity contribution in [1.82, 2.24) is 0 Å². The first-order chi connectivity index (χ1) is 2.00. The van der Waals surface area contributed by atoms with Gasteiger partial charge in [0.05, 0.1) is 0 Å². The van der Waals surface area contributed by atoms with E-state index in [1.807, 2.05) is 0 Å². The molecular formula is H2ClNNiO3S. The maximum Gasteiger partial charge on any atom is 2.00 e. The Morgan fingerprint density at radius 1 is 1.43 bits per heavy atom. The van der Waals surface area contributed by atoms with Crippen molar-refractivity contribution in [2.24, 2.45) is 5.14 Å². The summed E-state index contributed by atoms with van der Waals surface area (Å²) in [5.41, 5.74) is 0. The van der Waals surface area contributed by atoms with Crippen LogP contribution < -0.4 is 17.5 Å². The molecule has 0 amide bonds. The monoisotopic (exact) mass is 189 g/mol. The Labute approximate surface area is 57.7 Å². The van der Waals surface area contributed by atoms with Gasteiger partial charge in [-0.3, -0.25) is 0 Å². The smallest absolute Gasteiger partial charge is 1.00 e. The van der Waals surface area contributed by atoms with E-state index in [2.05, 4.69) is 5.14 Å². The van der Waals surface area contributed by atoms with Crippen LogP contribution in [0.15, 0.2) is 0 Å². The second-order valence-electron chi connectivity index (χ2n) is 0.493. The second-order valence-corrected chi connectivity index (χ2v) is 1.48. The summed E-state index contributed by atoms with van der Waals surface area (Å²) in [6.45, 7) is 0. The van der Waals surface area contributed by atoms with E-state index in [9.17, 15) is 0 Å². The number of hydrogen-bond donors (Lipinski definition) is 1. The van der Waals surface area contributed by atoms with Crippen molar-refractivity contribution in [3.63, 3.8) is 0 Å². The Morgan fingerprint density at radius 3 is 1.43 bits per heavy atom. The van der Waals surface area contributed by atoms with Crippen LogP contribution in [-0.4, -0.2) is 13.0 Å². The molecule has 0 heterocycles. The molecule has 0 aromatic rings. The molecule has 0 aromatic heterocycles. The Kier molecular flexibility index (Phi) is 10.7. The number of rotatable bonds is 0. The molecule has 48 valence electrons. The molecule has 7 heavy (non-hydrogen) atoms. The van der Waals surface area contributed by atoms with Crippen molar-refractivity contribution in [3.8, 4) is 0 Å². The van der Waals surface area contributed by atoms with Crippen LogP contribution >= 0.6 is 0 Å². The molecule has 0 rings (SSSR count). The zero-order chi connectivity index (χ0) is 4.50. The predicted molar refractivity (Wildman–Crippen MR) is 13.9 cm³/mol. The average Bonchev–Trinajstić information content (AvgIpc) is 0.722. The first-order valence-electron chi connectivity index (χ1n) is 0.736. The number of hydrogen-bond acceptors (Lipinski definition) is 3. The minimum atomic E-state index is -4.42. The van der Waals surface area contributed by atoms with Crippen LogP contribution in [0.1, 0.15) is 0 Å². The molecule has 0 aliphatic rings. The van der Waals surface area contributed by atoms with Crippen LogP contribution in [0.2, 0.25) is 0 Å². The van der Waals surface area contributed by atoms with Gasteiger partial charge >= 0.3 is 16.5 Å². The molecule has 7 heteroatoms. The van der Waals surface area contributed by atoms with E-state index in [0.717, 1.165) is 0 Å². The van der Waals surface area contributed by atoms with Gasteiger partial charge in [-0.25, -0.2) is 13.6 Å². The summed E-state index contributed by atoms with van der Waals surface area (Å²) in [5, 5.41) is 3.77. The summed E-state index contributed by atoms with van der Waals surface area (Å²) in [7, 11) is -4.42. The van der Waals surface area contributed by atoms with Crippen LogP contribution in [0, 0.1) is 0 Å². The van der Waals surface area contributed by atoms with Crippen molar-refractivity contribution in [2.45, 2.75) is 0 Å². The molecule has 0 radical (unpaired) electrons. The van der Waals surface area contributed by atoms with Gasteiger partial charge in [0.1, 0.15) is 0 Å². The first-order valence-corrected chi connectivity index (χ1v) is 2.21. The van der Waals surface area contributed by atoms with Gasteiger partial charge in [-0.1, -0.05) is 0 Å². The van der Waals surface area contributed by atoms with Gasteiger partial charge in [0.15, 0.2) is 10.3 Å². The SMILES string of the molecule is NS(=O)(=O)[O-].[Cl-].[Ni+2]. The largest absolute Gasteiger partial charge is 2.00 e. The molecule has 0 aliphatic heterocycles. The van der Waals surface area contributed by atoms with Crippen LogP contribution in [0.3, 0.4) is 0 Å². The number of nitrogens with two attached hydrogens (primary N) is 1. The normalized spacial score (nSPS) is 8.29. The summed E-state index contributed by atoms with van der Waals surface area (Å²) in [4.78, 5) is 0. The standard InChI is InChI=1S/ClH.H3NO3S.Ni/c;1-5(2,3)4;/h1H;(H3,1,2,3,4);/q;;+2/p-2. The molecular weight excluding hydrogens is 188 g/mol. The van der Waals surface area contributed by atoms with Gasteiger partial charge in [-0.2, -0.15) is 0 Å². The van der Waals surface area contributed by atoms with Crippen LogP contribution in [-0.2, 0) is 26.8 Å². The van der Waals surface area contributed by atoms with Crippen LogP contribution in [0.4, 0.5) is 0 Å². The van der Waals surface area contributed by atoms with E-state index in [4.69, 9.17) is 13.0 Å². The Hall–Kier alpha value is 0.654. The minimum absolute atomic E-state index is 0. The predicted octanol–water partition coefficient (Wildman–Crippen LogP) is -4.59. The van der Waals surface area contributed by atoms with Gasteiger partial charge in [0.2, 0.25) is 0 Å². The van der Waals surface area contributed by atoms with Gasteiger partial charge in [0, 0.05) is 0 Å². The molecule has 0 bridgehead atoms. The maximum absolute atomic E-state index is 8.85. The number of halogens is 1. The fourth-order valence-corrected chi connectivity index (χ4v) is 0. The van der Waals surface area contributed by atoms with Gasteiger partial charge in [0.25, 0.3) is 0 Å². The molecule has 4 nitrogen and oxygen atoms in total. The maximum atomic E-state index is 8.85. The van der Waals surface area contributed by atoms with Crippen molar-refractivity contribution >= 4 is 10.3 Å². The van der Waals surface area contributed by atoms with Crippen molar-refractivity contribution < 1.29 is 41.9 Å². The van der Waals surface area contributed by atoms with E-state index in [1.165, 1.54) is 0 Å². The topological polar surface area (TPSA) is 83.2 Å². The quantitative estimate of drug-likeness (QED) is 0.308. The first kappa shape index (κ1) is 15.6. The molecule has 0 unspecified atom stereocenters. The Morgan fingerprint density at radius 2 is 1.43 bits per heavy atom. The van der Waals surface area contributed by atoms with Gasteiger partial charge in [-0.15, -0.1) is 0 Å². The van der Waals surface area contributed by atoms with E-state index in [-0.39, 0.29) is 28.9 Å². The molecule has 0 saturated carbocycles. The molecule has 2 N–H and O–H groups in total.